The van der Waals surface area contributed by atoms with E-state index in [-0.39, 0.29) is 0 Å². The number of aromatic nitrogens is 2. The molecule has 0 aromatic carbocycles. The van der Waals surface area contributed by atoms with Crippen LogP contribution in [-0.2, 0) is 13.6 Å². The summed E-state index contributed by atoms with van der Waals surface area (Å²) in [5.74, 6) is 0.792. The lowest BCUT2D eigenvalue weighted by Crippen LogP contribution is -2.11. The summed E-state index contributed by atoms with van der Waals surface area (Å²) in [4.78, 5) is 0. The molecule has 0 saturated carbocycles. The molecule has 0 bridgehead atoms. The van der Waals surface area contributed by atoms with E-state index in [0.29, 0.717) is 0 Å². The van der Waals surface area contributed by atoms with Crippen molar-refractivity contribution in [2.45, 2.75) is 13.5 Å². The zero-order valence-electron chi connectivity index (χ0n) is 9.33. The van der Waals surface area contributed by atoms with Crippen molar-refractivity contribution in [1.82, 2.24) is 15.1 Å². The summed E-state index contributed by atoms with van der Waals surface area (Å²) in [6.07, 6.45) is 2.01. The Morgan fingerprint density at radius 2 is 2.31 bits per heavy atom. The number of hydrogen-bond acceptors (Lipinski definition) is 3. The van der Waals surface area contributed by atoms with Crippen LogP contribution in [0.25, 0.3) is 11.5 Å². The van der Waals surface area contributed by atoms with Crippen LogP contribution in [0.15, 0.2) is 27.4 Å². The van der Waals surface area contributed by atoms with Gasteiger partial charge in [0.15, 0.2) is 10.4 Å². The average molecular weight is 284 g/mol. The van der Waals surface area contributed by atoms with E-state index >= 15 is 0 Å². The molecule has 0 radical (unpaired) electrons. The van der Waals surface area contributed by atoms with Gasteiger partial charge in [-0.3, -0.25) is 4.68 Å². The number of aryl methyl sites for hydroxylation is 1. The third kappa shape index (κ3) is 2.36. The molecule has 0 aliphatic carbocycles. The summed E-state index contributed by atoms with van der Waals surface area (Å²) in [7, 11) is 1.91. The van der Waals surface area contributed by atoms with Crippen molar-refractivity contribution in [2.75, 3.05) is 6.54 Å². The zero-order chi connectivity index (χ0) is 11.5. The Bertz CT molecular complexity index is 475. The number of nitrogens with one attached hydrogen (secondary N) is 1. The largest absolute Gasteiger partial charge is 0.448 e. The number of furan rings is 1. The molecular formula is C11H14BrN3O. The van der Waals surface area contributed by atoms with Gasteiger partial charge in [-0.25, -0.2) is 0 Å². The van der Waals surface area contributed by atoms with E-state index in [1.165, 1.54) is 0 Å². The summed E-state index contributed by atoms with van der Waals surface area (Å²) >= 11 is 3.30. The fourth-order valence-corrected chi connectivity index (χ4v) is 1.88. The molecule has 2 aromatic rings. The van der Waals surface area contributed by atoms with Crippen LogP contribution >= 0.6 is 15.9 Å². The fourth-order valence-electron chi connectivity index (χ4n) is 1.58. The third-order valence-electron chi connectivity index (χ3n) is 2.28. The van der Waals surface area contributed by atoms with Crippen molar-refractivity contribution < 1.29 is 4.42 Å². The van der Waals surface area contributed by atoms with Crippen molar-refractivity contribution in [3.63, 3.8) is 0 Å². The topological polar surface area (TPSA) is 43.0 Å². The van der Waals surface area contributed by atoms with Gasteiger partial charge in [-0.05, 0) is 34.6 Å². The van der Waals surface area contributed by atoms with Crippen LogP contribution in [0.3, 0.4) is 0 Å². The molecule has 0 aliphatic rings. The Kier molecular flexibility index (Phi) is 3.46. The molecule has 2 rings (SSSR count). The first-order chi connectivity index (χ1) is 7.70. The van der Waals surface area contributed by atoms with E-state index in [2.05, 4.69) is 33.3 Å². The molecule has 0 unspecified atom stereocenters. The minimum absolute atomic E-state index is 0.725. The number of rotatable bonds is 4. The van der Waals surface area contributed by atoms with Crippen molar-refractivity contribution in [2.24, 2.45) is 7.05 Å². The second-order valence-electron chi connectivity index (χ2n) is 3.56. The Labute approximate surface area is 103 Å². The highest BCUT2D eigenvalue weighted by molar-refractivity contribution is 9.10. The third-order valence-corrected chi connectivity index (χ3v) is 2.70. The Morgan fingerprint density at radius 3 is 2.94 bits per heavy atom. The van der Waals surface area contributed by atoms with Gasteiger partial charge >= 0.3 is 0 Å². The van der Waals surface area contributed by atoms with Crippen molar-refractivity contribution in [3.8, 4) is 11.5 Å². The molecule has 0 amide bonds. The van der Waals surface area contributed by atoms with E-state index in [9.17, 15) is 0 Å². The highest BCUT2D eigenvalue weighted by Gasteiger charge is 2.12. The normalized spacial score (nSPS) is 10.9. The van der Waals surface area contributed by atoms with Crippen molar-refractivity contribution >= 4 is 15.9 Å². The maximum absolute atomic E-state index is 5.52. The zero-order valence-corrected chi connectivity index (χ0v) is 10.9. The van der Waals surface area contributed by atoms with Gasteiger partial charge in [0.05, 0.1) is 0 Å². The first-order valence-corrected chi connectivity index (χ1v) is 5.99. The van der Waals surface area contributed by atoms with Crippen LogP contribution < -0.4 is 5.32 Å². The molecule has 0 spiro atoms. The summed E-state index contributed by atoms with van der Waals surface area (Å²) in [5, 5.41) is 7.70. The molecule has 2 heterocycles. The van der Waals surface area contributed by atoms with Gasteiger partial charge in [-0.1, -0.05) is 6.92 Å². The smallest absolute Gasteiger partial charge is 0.169 e. The molecule has 4 nitrogen and oxygen atoms in total. The first-order valence-electron chi connectivity index (χ1n) is 5.19. The lowest BCUT2D eigenvalue weighted by Gasteiger charge is -1.99. The molecule has 0 atom stereocenters. The second-order valence-corrected chi connectivity index (χ2v) is 4.34. The molecule has 0 saturated heterocycles. The quantitative estimate of drug-likeness (QED) is 0.938. The first kappa shape index (κ1) is 11.4. The highest BCUT2D eigenvalue weighted by Crippen LogP contribution is 2.26. The van der Waals surface area contributed by atoms with Crippen molar-refractivity contribution in [3.05, 3.63) is 28.6 Å². The predicted octanol–water partition coefficient (Wildman–Crippen LogP) is 2.55. The number of hydrogen-bond donors (Lipinski definition) is 1. The summed E-state index contributed by atoms with van der Waals surface area (Å²) in [6, 6.07) is 3.79. The standard InChI is InChI=1S/C11H14BrN3O/c1-3-13-6-8-7-15(2)14-11(8)9-4-5-10(12)16-9/h4-5,7,13H,3,6H2,1-2H3. The highest BCUT2D eigenvalue weighted by atomic mass is 79.9. The summed E-state index contributed by atoms with van der Waals surface area (Å²) < 4.78 is 8.05. The maximum Gasteiger partial charge on any atom is 0.169 e. The SMILES string of the molecule is CCNCc1cn(C)nc1-c1ccc(Br)o1. The van der Waals surface area contributed by atoms with Crippen molar-refractivity contribution in [1.29, 1.82) is 0 Å². The molecule has 86 valence electrons. The Morgan fingerprint density at radius 1 is 1.50 bits per heavy atom. The molecule has 2 aromatic heterocycles. The molecule has 0 aliphatic heterocycles. The average Bonchev–Trinajstić information content (AvgIpc) is 2.81. The molecule has 1 N–H and O–H groups in total. The summed E-state index contributed by atoms with van der Waals surface area (Å²) in [6.45, 7) is 3.83. The van der Waals surface area contributed by atoms with Gasteiger partial charge in [-0.2, -0.15) is 5.10 Å². The van der Waals surface area contributed by atoms with Gasteiger partial charge in [0.1, 0.15) is 5.69 Å². The van der Waals surface area contributed by atoms with Gasteiger partial charge in [-0.15, -0.1) is 0 Å². The van der Waals surface area contributed by atoms with Gasteiger partial charge in [0, 0.05) is 25.4 Å². The van der Waals surface area contributed by atoms with Crippen LogP contribution in [0.4, 0.5) is 0 Å². The lowest BCUT2D eigenvalue weighted by molar-refractivity contribution is 0.551. The number of nitrogens with zero attached hydrogens (tertiary/aromatic N) is 2. The lowest BCUT2D eigenvalue weighted by atomic mass is 10.2. The fraction of sp³-hybridized carbons (Fsp3) is 0.364. The molecule has 16 heavy (non-hydrogen) atoms. The number of halogens is 1. The Balaban J connectivity index is 2.32. The van der Waals surface area contributed by atoms with Crippen LogP contribution in [0.5, 0.6) is 0 Å². The van der Waals surface area contributed by atoms with Gasteiger partial charge in [0.2, 0.25) is 0 Å². The van der Waals surface area contributed by atoms with Crippen LogP contribution in [0, 0.1) is 0 Å². The van der Waals surface area contributed by atoms with Crippen LogP contribution in [0.1, 0.15) is 12.5 Å². The van der Waals surface area contributed by atoms with E-state index in [0.717, 1.165) is 34.8 Å². The minimum atomic E-state index is 0.725. The minimum Gasteiger partial charge on any atom is -0.448 e. The molecule has 0 fully saturated rings. The van der Waals surface area contributed by atoms with Crippen LogP contribution in [-0.4, -0.2) is 16.3 Å². The van der Waals surface area contributed by atoms with Gasteiger partial charge < -0.3 is 9.73 Å². The van der Waals surface area contributed by atoms with Crippen LogP contribution in [0.2, 0.25) is 0 Å². The van der Waals surface area contributed by atoms with E-state index < -0.39 is 0 Å². The summed E-state index contributed by atoms with van der Waals surface area (Å²) in [5.41, 5.74) is 2.04. The van der Waals surface area contributed by atoms with E-state index in [1.54, 1.807) is 4.68 Å². The van der Waals surface area contributed by atoms with E-state index in [4.69, 9.17) is 4.42 Å². The van der Waals surface area contributed by atoms with Gasteiger partial charge in [0.25, 0.3) is 0 Å². The monoisotopic (exact) mass is 283 g/mol. The van der Waals surface area contributed by atoms with E-state index in [1.807, 2.05) is 25.4 Å². The Hall–Kier alpha value is -1.07. The molecule has 5 heteroatoms. The second kappa shape index (κ2) is 4.84. The predicted molar refractivity (Wildman–Crippen MR) is 66.0 cm³/mol. The molecular weight excluding hydrogens is 270 g/mol. The maximum atomic E-state index is 5.52.